The second kappa shape index (κ2) is 7.25. The molecular weight excluding hydrogens is 417 g/mol. The molecule has 11 heteroatoms. The van der Waals surface area contributed by atoms with Gasteiger partial charge >= 0.3 is 0 Å². The van der Waals surface area contributed by atoms with E-state index in [1.54, 1.807) is 0 Å². The highest BCUT2D eigenvalue weighted by molar-refractivity contribution is 8.02. The molecule has 2 heterocycles. The molecule has 1 aromatic carbocycles. The zero-order chi connectivity index (χ0) is 19.8. The first-order chi connectivity index (χ1) is 12.8. The van der Waals surface area contributed by atoms with Gasteiger partial charge in [-0.1, -0.05) is 29.1 Å². The van der Waals surface area contributed by atoms with Crippen molar-refractivity contribution < 1.29 is 23.4 Å². The minimum atomic E-state index is -4.41. The Labute approximate surface area is 164 Å². The van der Waals surface area contributed by atoms with Gasteiger partial charge in [0.05, 0.1) is 22.2 Å². The summed E-state index contributed by atoms with van der Waals surface area (Å²) in [5.41, 5.74) is -0.336. The van der Waals surface area contributed by atoms with Gasteiger partial charge in [0.25, 0.3) is 10.0 Å². The van der Waals surface area contributed by atoms with E-state index in [1.165, 1.54) is 24.5 Å². The molecule has 0 spiro atoms. The lowest BCUT2D eigenvalue weighted by Gasteiger charge is -2.29. The Morgan fingerprint density at radius 3 is 2.56 bits per heavy atom. The Hall–Kier alpha value is -2.51. The van der Waals surface area contributed by atoms with E-state index < -0.39 is 27.5 Å². The zero-order valence-electron chi connectivity index (χ0n) is 13.4. The number of terminal acetylenes is 1. The van der Waals surface area contributed by atoms with E-state index in [0.29, 0.717) is 0 Å². The number of hydrogen-bond donors (Lipinski definition) is 2. The van der Waals surface area contributed by atoms with Crippen LogP contribution < -0.4 is 9.04 Å². The predicted molar refractivity (Wildman–Crippen MR) is 101 cm³/mol. The Balaban J connectivity index is 2.43. The Kier molecular flexibility index (Phi) is 5.17. The minimum absolute atomic E-state index is 0.0209. The molecule has 1 aliphatic rings. The fourth-order valence-electron chi connectivity index (χ4n) is 2.57. The van der Waals surface area contributed by atoms with Crippen LogP contribution in [-0.4, -0.2) is 41.9 Å². The summed E-state index contributed by atoms with van der Waals surface area (Å²) in [7, 11) is -4.41. The van der Waals surface area contributed by atoms with E-state index in [0.717, 1.165) is 4.31 Å². The van der Waals surface area contributed by atoms with Crippen LogP contribution in [-0.2, 0) is 10.0 Å². The zero-order valence-corrected chi connectivity index (χ0v) is 15.8. The van der Waals surface area contributed by atoms with Crippen molar-refractivity contribution in [1.29, 1.82) is 0 Å². The van der Waals surface area contributed by atoms with E-state index in [4.69, 9.17) is 39.5 Å². The molecule has 0 amide bonds. The maximum absolute atomic E-state index is 13.2. The molecule has 8 nitrogen and oxygen atoms in total. The molecule has 0 radical (unpaired) electrons. The van der Waals surface area contributed by atoms with Crippen LogP contribution >= 0.6 is 23.2 Å². The summed E-state index contributed by atoms with van der Waals surface area (Å²) in [4.78, 5) is 7.34. The highest BCUT2D eigenvalue weighted by atomic mass is 35.5. The summed E-state index contributed by atoms with van der Waals surface area (Å²) < 4.78 is 32.3. The molecule has 27 heavy (non-hydrogen) atoms. The second-order valence-electron chi connectivity index (χ2n) is 5.13. The molecule has 3 rings (SSSR count). The van der Waals surface area contributed by atoms with Crippen molar-refractivity contribution in [3.63, 3.8) is 0 Å². The number of halogens is 2. The molecule has 1 aliphatic heterocycles. The standard InChI is InChI=1S/C16H11Cl2N3O5S/c1-2-7-21-16-12(19-5-6-20-16)13(23)15(27(21,24)25)11-9(17)3-4-10(18)14(11)26-8-22/h1,3-6,22-23H,7-8H2. The van der Waals surface area contributed by atoms with E-state index in [-0.39, 0.29) is 39.4 Å². The monoisotopic (exact) mass is 427 g/mol. The fourth-order valence-corrected chi connectivity index (χ4v) is 4.71. The molecule has 0 aliphatic carbocycles. The molecule has 2 N–H and O–H groups in total. The molecule has 140 valence electrons. The molecule has 0 bridgehead atoms. The van der Waals surface area contributed by atoms with Gasteiger partial charge in [-0.3, -0.25) is 0 Å². The Morgan fingerprint density at radius 2 is 1.89 bits per heavy atom. The third kappa shape index (κ3) is 3.07. The van der Waals surface area contributed by atoms with E-state index >= 15 is 0 Å². The predicted octanol–water partition coefficient (Wildman–Crippen LogP) is 2.28. The van der Waals surface area contributed by atoms with Crippen molar-refractivity contribution in [2.75, 3.05) is 17.6 Å². The van der Waals surface area contributed by atoms with E-state index in [1.807, 2.05) is 0 Å². The minimum Gasteiger partial charge on any atom is -0.504 e. The van der Waals surface area contributed by atoms with Gasteiger partial charge in [0.1, 0.15) is 10.6 Å². The summed E-state index contributed by atoms with van der Waals surface area (Å²) in [6.45, 7) is -1.16. The largest absolute Gasteiger partial charge is 0.504 e. The lowest BCUT2D eigenvalue weighted by molar-refractivity contribution is 0.0984. The van der Waals surface area contributed by atoms with Crippen LogP contribution in [0.3, 0.4) is 0 Å². The molecule has 0 unspecified atom stereocenters. The quantitative estimate of drug-likeness (QED) is 0.568. The summed E-state index contributed by atoms with van der Waals surface area (Å²) in [6.07, 6.45) is 7.85. The first kappa shape index (κ1) is 19.3. The number of fused-ring (bicyclic) bond motifs is 1. The Bertz CT molecular complexity index is 1100. The van der Waals surface area contributed by atoms with Crippen LogP contribution in [0.2, 0.25) is 10.0 Å². The molecule has 0 fully saturated rings. The van der Waals surface area contributed by atoms with Crippen LogP contribution in [0.1, 0.15) is 11.3 Å². The number of aliphatic hydroxyl groups excluding tert-OH is 2. The van der Waals surface area contributed by atoms with Crippen LogP contribution in [0.4, 0.5) is 5.82 Å². The fraction of sp³-hybridized carbons (Fsp3) is 0.125. The van der Waals surface area contributed by atoms with Gasteiger partial charge in [0.2, 0.25) is 0 Å². The highest BCUT2D eigenvalue weighted by Crippen LogP contribution is 2.47. The van der Waals surface area contributed by atoms with Gasteiger partial charge in [0.15, 0.2) is 24.1 Å². The number of rotatable bonds is 4. The van der Waals surface area contributed by atoms with Crippen LogP contribution in [0.15, 0.2) is 24.5 Å². The number of aromatic nitrogens is 2. The van der Waals surface area contributed by atoms with Gasteiger partial charge in [-0.05, 0) is 12.1 Å². The van der Waals surface area contributed by atoms with Gasteiger partial charge in [-0.25, -0.2) is 22.7 Å². The molecule has 1 aromatic heterocycles. The maximum atomic E-state index is 13.2. The third-order valence-electron chi connectivity index (χ3n) is 3.63. The molecule has 0 saturated heterocycles. The molecule has 2 aromatic rings. The van der Waals surface area contributed by atoms with Crippen molar-refractivity contribution in [2.24, 2.45) is 0 Å². The lowest BCUT2D eigenvalue weighted by atomic mass is 10.1. The first-order valence-corrected chi connectivity index (χ1v) is 9.47. The number of anilines is 1. The highest BCUT2D eigenvalue weighted by Gasteiger charge is 2.42. The Morgan fingerprint density at radius 1 is 1.22 bits per heavy atom. The number of hydrogen-bond acceptors (Lipinski definition) is 7. The SMILES string of the molecule is C#CCN1c2nccnc2C(O)=C(c2c(Cl)ccc(Cl)c2OCO)S1(=O)=O. The number of aliphatic hydroxyl groups is 2. The third-order valence-corrected chi connectivity index (χ3v) is 6.04. The van der Waals surface area contributed by atoms with Crippen molar-refractivity contribution in [3.8, 4) is 18.1 Å². The van der Waals surface area contributed by atoms with Gasteiger partial charge in [0, 0.05) is 12.4 Å². The first-order valence-electron chi connectivity index (χ1n) is 7.27. The lowest BCUT2D eigenvalue weighted by Crippen LogP contribution is -2.37. The second-order valence-corrected chi connectivity index (χ2v) is 7.74. The molecule has 0 saturated carbocycles. The van der Waals surface area contributed by atoms with Crippen molar-refractivity contribution in [3.05, 3.63) is 45.8 Å². The van der Waals surface area contributed by atoms with Gasteiger partial charge in [-0.2, -0.15) is 0 Å². The smallest absolute Gasteiger partial charge is 0.271 e. The molecule has 0 atom stereocenters. The van der Waals surface area contributed by atoms with Crippen molar-refractivity contribution >= 4 is 49.7 Å². The normalized spacial score (nSPS) is 15.3. The van der Waals surface area contributed by atoms with E-state index in [9.17, 15) is 13.5 Å². The van der Waals surface area contributed by atoms with Crippen LogP contribution in [0.5, 0.6) is 5.75 Å². The van der Waals surface area contributed by atoms with E-state index in [2.05, 4.69) is 15.9 Å². The summed E-state index contributed by atoms with van der Waals surface area (Å²) in [6, 6.07) is 2.69. The summed E-state index contributed by atoms with van der Waals surface area (Å²) in [5, 5.41) is 19.7. The van der Waals surface area contributed by atoms with Crippen molar-refractivity contribution in [1.82, 2.24) is 9.97 Å². The number of ether oxygens (including phenoxy) is 1. The maximum Gasteiger partial charge on any atom is 0.271 e. The van der Waals surface area contributed by atoms with Crippen molar-refractivity contribution in [2.45, 2.75) is 0 Å². The summed E-state index contributed by atoms with van der Waals surface area (Å²) >= 11 is 12.3. The van der Waals surface area contributed by atoms with Gasteiger partial charge in [-0.15, -0.1) is 6.42 Å². The number of benzene rings is 1. The van der Waals surface area contributed by atoms with Gasteiger partial charge < -0.3 is 14.9 Å². The summed E-state index contributed by atoms with van der Waals surface area (Å²) in [5.74, 6) is 1.19. The topological polar surface area (TPSA) is 113 Å². The average Bonchev–Trinajstić information content (AvgIpc) is 2.64. The number of sulfonamides is 1. The van der Waals surface area contributed by atoms with Crippen LogP contribution in [0.25, 0.3) is 10.7 Å². The van der Waals surface area contributed by atoms with Crippen LogP contribution in [0, 0.1) is 12.3 Å². The average molecular weight is 428 g/mol. The molecular formula is C16H11Cl2N3O5S. The number of nitrogens with zero attached hydrogens (tertiary/aromatic N) is 3.